The molecule has 1 rings (SSSR count). The van der Waals surface area contributed by atoms with Gasteiger partial charge in [0.15, 0.2) is 0 Å². The van der Waals surface area contributed by atoms with E-state index >= 15 is 0 Å². The van der Waals surface area contributed by atoms with Crippen LogP contribution in [0.5, 0.6) is 5.75 Å². The Labute approximate surface area is 122 Å². The molecule has 1 atom stereocenters. The van der Waals surface area contributed by atoms with Crippen LogP contribution in [0.4, 0.5) is 0 Å². The number of carbonyl (C=O) groups is 1. The highest BCUT2D eigenvalue weighted by Gasteiger charge is 2.41. The summed E-state index contributed by atoms with van der Waals surface area (Å²) < 4.78 is 5.64. The van der Waals surface area contributed by atoms with Gasteiger partial charge in [0.05, 0.1) is 0 Å². The molecule has 0 saturated heterocycles. The number of ether oxygens (including phenoxy) is 1. The fraction of sp³-hybridized carbons (Fsp3) is 0.462. The summed E-state index contributed by atoms with van der Waals surface area (Å²) in [5.41, 5.74) is -1.49. The predicted molar refractivity (Wildman–Crippen MR) is 76.1 cm³/mol. The molecule has 0 fully saturated rings. The molecule has 0 saturated carbocycles. The summed E-state index contributed by atoms with van der Waals surface area (Å²) >= 11 is 11.4. The van der Waals surface area contributed by atoms with Crippen molar-refractivity contribution in [2.24, 2.45) is 0 Å². The number of hydrogen-bond donors (Lipinski definition) is 1. The number of para-hydroxylation sites is 1. The molecular weight excluding hydrogens is 289 g/mol. The number of carboxylic acid groups (broad SMARTS) is 1. The van der Waals surface area contributed by atoms with Crippen molar-refractivity contribution < 1.29 is 14.6 Å². The van der Waals surface area contributed by atoms with Gasteiger partial charge in [0.25, 0.3) is 5.72 Å². The van der Waals surface area contributed by atoms with E-state index in [0.29, 0.717) is 30.6 Å². The Morgan fingerprint density at radius 1 is 1.26 bits per heavy atom. The van der Waals surface area contributed by atoms with Gasteiger partial charge >= 0.3 is 5.97 Å². The fourth-order valence-corrected chi connectivity index (χ4v) is 2.11. The number of hydrogen-bond acceptors (Lipinski definition) is 3. The van der Waals surface area contributed by atoms with Gasteiger partial charge in [-0.25, -0.2) is 4.79 Å². The van der Waals surface area contributed by atoms with Gasteiger partial charge in [0.2, 0.25) is 0 Å². The average molecular weight is 306 g/mol. The van der Waals surface area contributed by atoms with E-state index in [0.717, 1.165) is 0 Å². The van der Waals surface area contributed by atoms with Gasteiger partial charge in [0.1, 0.15) is 5.75 Å². The number of alkyl halides is 2. The number of carboxylic acids is 1. The van der Waals surface area contributed by atoms with Crippen molar-refractivity contribution in [2.45, 2.75) is 12.6 Å². The summed E-state index contributed by atoms with van der Waals surface area (Å²) in [6.07, 6.45) is 0. The van der Waals surface area contributed by atoms with Crippen molar-refractivity contribution in [1.82, 2.24) is 4.90 Å². The lowest BCUT2D eigenvalue weighted by Crippen LogP contribution is -2.58. The van der Waals surface area contributed by atoms with E-state index in [2.05, 4.69) is 0 Å². The number of benzene rings is 1. The highest BCUT2D eigenvalue weighted by molar-refractivity contribution is 6.18. The predicted octanol–water partition coefficient (Wildman–Crippen LogP) is 2.65. The molecule has 4 nitrogen and oxygen atoms in total. The third-order valence-corrected chi connectivity index (χ3v) is 3.11. The summed E-state index contributed by atoms with van der Waals surface area (Å²) in [4.78, 5) is 13.2. The second kappa shape index (κ2) is 7.58. The SMILES string of the molecule is CC(Oc1ccccc1)(C(=O)O)N(CCCl)CCCl. The maximum Gasteiger partial charge on any atom is 0.363 e. The molecule has 0 aromatic heterocycles. The Balaban J connectivity index is 2.97. The Bertz CT molecular complexity index is 396. The van der Waals surface area contributed by atoms with Crippen LogP contribution in [0.1, 0.15) is 6.92 Å². The Morgan fingerprint density at radius 2 is 1.79 bits per heavy atom. The zero-order valence-corrected chi connectivity index (χ0v) is 12.2. The molecule has 0 aliphatic rings. The van der Waals surface area contributed by atoms with E-state index in [1.54, 1.807) is 29.2 Å². The maximum absolute atomic E-state index is 11.6. The largest absolute Gasteiger partial charge is 0.477 e. The van der Waals surface area contributed by atoms with Crippen molar-refractivity contribution in [3.63, 3.8) is 0 Å². The lowest BCUT2D eigenvalue weighted by atomic mass is 10.2. The van der Waals surface area contributed by atoms with E-state index in [1.165, 1.54) is 6.92 Å². The molecule has 0 radical (unpaired) electrons. The van der Waals surface area contributed by atoms with Gasteiger partial charge in [-0.1, -0.05) is 18.2 Å². The minimum Gasteiger partial charge on any atom is -0.477 e. The monoisotopic (exact) mass is 305 g/mol. The minimum atomic E-state index is -1.49. The highest BCUT2D eigenvalue weighted by Crippen LogP contribution is 2.22. The second-order valence-electron chi connectivity index (χ2n) is 4.07. The zero-order valence-electron chi connectivity index (χ0n) is 10.7. The summed E-state index contributed by atoms with van der Waals surface area (Å²) in [5, 5.41) is 9.46. The van der Waals surface area contributed by atoms with Crippen LogP contribution in [0, 0.1) is 0 Å². The first-order valence-electron chi connectivity index (χ1n) is 5.89. The van der Waals surface area contributed by atoms with E-state index in [1.807, 2.05) is 6.07 Å². The summed E-state index contributed by atoms with van der Waals surface area (Å²) in [7, 11) is 0. The van der Waals surface area contributed by atoms with Crippen LogP contribution in [0.2, 0.25) is 0 Å². The number of halogens is 2. The van der Waals surface area contributed by atoms with Gasteiger partial charge in [-0.3, -0.25) is 4.90 Å². The van der Waals surface area contributed by atoms with Gasteiger partial charge in [-0.2, -0.15) is 0 Å². The van der Waals surface area contributed by atoms with Crippen LogP contribution in [0.15, 0.2) is 30.3 Å². The van der Waals surface area contributed by atoms with Crippen LogP contribution >= 0.6 is 23.2 Å². The molecule has 0 amide bonds. The first kappa shape index (κ1) is 16.1. The Hall–Kier alpha value is -0.970. The topological polar surface area (TPSA) is 49.8 Å². The normalized spacial score (nSPS) is 14.1. The number of aliphatic carboxylic acids is 1. The lowest BCUT2D eigenvalue weighted by molar-refractivity contribution is -0.172. The molecule has 6 heteroatoms. The van der Waals surface area contributed by atoms with Crippen LogP contribution in [-0.2, 0) is 4.79 Å². The van der Waals surface area contributed by atoms with Gasteiger partial charge in [-0.05, 0) is 12.1 Å². The molecule has 19 heavy (non-hydrogen) atoms. The van der Waals surface area contributed by atoms with E-state index in [4.69, 9.17) is 27.9 Å². The minimum absolute atomic E-state index is 0.303. The molecule has 106 valence electrons. The van der Waals surface area contributed by atoms with Crippen LogP contribution in [0.3, 0.4) is 0 Å². The van der Waals surface area contributed by atoms with E-state index in [-0.39, 0.29) is 0 Å². The van der Waals surface area contributed by atoms with Gasteiger partial charge < -0.3 is 9.84 Å². The van der Waals surface area contributed by atoms with Crippen molar-refractivity contribution in [1.29, 1.82) is 0 Å². The Morgan fingerprint density at radius 3 is 2.21 bits per heavy atom. The standard InChI is InChI=1S/C13H17Cl2NO3/c1-13(12(17)18,16(9-7-14)10-8-15)19-11-5-3-2-4-6-11/h2-6H,7-10H2,1H3,(H,17,18). The molecule has 1 N–H and O–H groups in total. The Kier molecular flexibility index (Phi) is 6.42. The molecule has 1 unspecified atom stereocenters. The number of nitrogens with zero attached hydrogens (tertiary/aromatic N) is 1. The van der Waals surface area contributed by atoms with Crippen LogP contribution in [-0.4, -0.2) is 46.6 Å². The summed E-state index contributed by atoms with van der Waals surface area (Å²) in [6.45, 7) is 2.26. The molecular formula is C13H17Cl2NO3. The average Bonchev–Trinajstić information content (AvgIpc) is 2.39. The fourth-order valence-electron chi connectivity index (χ4n) is 1.70. The van der Waals surface area contributed by atoms with Crippen molar-refractivity contribution in [3.05, 3.63) is 30.3 Å². The second-order valence-corrected chi connectivity index (χ2v) is 4.82. The van der Waals surface area contributed by atoms with Crippen molar-refractivity contribution >= 4 is 29.2 Å². The molecule has 0 heterocycles. The van der Waals surface area contributed by atoms with Crippen LogP contribution in [0.25, 0.3) is 0 Å². The summed E-state index contributed by atoms with van der Waals surface area (Å²) in [5.74, 6) is 0.0173. The smallest absolute Gasteiger partial charge is 0.363 e. The van der Waals surface area contributed by atoms with Gasteiger partial charge in [0, 0.05) is 31.8 Å². The van der Waals surface area contributed by atoms with Crippen molar-refractivity contribution in [3.8, 4) is 5.75 Å². The molecule has 1 aromatic rings. The first-order chi connectivity index (χ1) is 9.04. The molecule has 0 spiro atoms. The highest BCUT2D eigenvalue weighted by atomic mass is 35.5. The number of rotatable bonds is 8. The lowest BCUT2D eigenvalue weighted by Gasteiger charge is -2.37. The van der Waals surface area contributed by atoms with Crippen molar-refractivity contribution in [2.75, 3.05) is 24.8 Å². The molecule has 0 aliphatic heterocycles. The summed E-state index contributed by atoms with van der Waals surface area (Å²) in [6, 6.07) is 8.82. The van der Waals surface area contributed by atoms with E-state index < -0.39 is 11.7 Å². The van der Waals surface area contributed by atoms with E-state index in [9.17, 15) is 9.90 Å². The van der Waals surface area contributed by atoms with Crippen LogP contribution < -0.4 is 4.74 Å². The third-order valence-electron chi connectivity index (χ3n) is 2.77. The van der Waals surface area contributed by atoms with Gasteiger partial charge in [-0.15, -0.1) is 23.2 Å². The first-order valence-corrected chi connectivity index (χ1v) is 6.96. The molecule has 1 aromatic carbocycles. The third kappa shape index (κ3) is 4.27. The maximum atomic E-state index is 11.6. The molecule has 0 bridgehead atoms. The quantitative estimate of drug-likeness (QED) is 0.592. The zero-order chi connectivity index (χ0) is 14.3. The molecule has 0 aliphatic carbocycles.